The zero-order valence-corrected chi connectivity index (χ0v) is 10.4. The Morgan fingerprint density at radius 2 is 1.67 bits per heavy atom. The van der Waals surface area contributed by atoms with Crippen molar-refractivity contribution in [3.8, 4) is 5.75 Å². The van der Waals surface area contributed by atoms with E-state index < -0.39 is 0 Å². The van der Waals surface area contributed by atoms with Crippen LogP contribution in [0.25, 0.3) is 0 Å². The summed E-state index contributed by atoms with van der Waals surface area (Å²) in [5.74, 6) is 0.0822. The molecule has 0 saturated carbocycles. The molecule has 0 spiro atoms. The van der Waals surface area contributed by atoms with E-state index in [0.717, 1.165) is 11.1 Å². The second-order valence-corrected chi connectivity index (χ2v) is 4.30. The van der Waals surface area contributed by atoms with Crippen LogP contribution in [0.2, 0.25) is 0 Å². The summed E-state index contributed by atoms with van der Waals surface area (Å²) >= 11 is 0. The molecule has 2 rings (SSSR count). The molecule has 3 heteroatoms. The predicted octanol–water partition coefficient (Wildman–Crippen LogP) is 2.82. The molecule has 0 aliphatic rings. The lowest BCUT2D eigenvalue weighted by Gasteiger charge is -2.10. The fourth-order valence-electron chi connectivity index (χ4n) is 1.90. The van der Waals surface area contributed by atoms with Crippen molar-refractivity contribution in [1.29, 1.82) is 0 Å². The number of carbonyl (C=O) groups is 1. The van der Waals surface area contributed by atoms with E-state index >= 15 is 0 Å². The molecule has 0 aliphatic carbocycles. The van der Waals surface area contributed by atoms with Crippen LogP contribution in [-0.4, -0.2) is 10.9 Å². The molecule has 0 amide bonds. The van der Waals surface area contributed by atoms with Crippen LogP contribution in [0.3, 0.4) is 0 Å². The highest BCUT2D eigenvalue weighted by Crippen LogP contribution is 2.25. The van der Waals surface area contributed by atoms with Crippen LogP contribution in [0.15, 0.2) is 36.4 Å². The summed E-state index contributed by atoms with van der Waals surface area (Å²) < 4.78 is 0. The lowest BCUT2D eigenvalue weighted by molar-refractivity contribution is 0.103. The highest BCUT2D eigenvalue weighted by molar-refractivity contribution is 6.13. The van der Waals surface area contributed by atoms with E-state index in [9.17, 15) is 9.90 Å². The molecule has 92 valence electrons. The van der Waals surface area contributed by atoms with Gasteiger partial charge in [0.05, 0.1) is 0 Å². The van der Waals surface area contributed by atoms with Gasteiger partial charge < -0.3 is 10.8 Å². The van der Waals surface area contributed by atoms with Gasteiger partial charge in [0, 0.05) is 16.8 Å². The van der Waals surface area contributed by atoms with Crippen molar-refractivity contribution in [3.05, 3.63) is 58.7 Å². The molecule has 0 fully saturated rings. The Morgan fingerprint density at radius 3 is 2.33 bits per heavy atom. The maximum absolute atomic E-state index is 12.4. The summed E-state index contributed by atoms with van der Waals surface area (Å²) in [7, 11) is 0. The molecular formula is C15H15NO2. The summed E-state index contributed by atoms with van der Waals surface area (Å²) in [5, 5.41) is 9.60. The summed E-state index contributed by atoms with van der Waals surface area (Å²) in [5.41, 5.74) is 8.83. The van der Waals surface area contributed by atoms with Gasteiger partial charge in [-0.15, -0.1) is 0 Å². The van der Waals surface area contributed by atoms with Gasteiger partial charge in [-0.1, -0.05) is 12.1 Å². The number of rotatable bonds is 2. The quantitative estimate of drug-likeness (QED) is 0.627. The molecule has 0 saturated heterocycles. The zero-order valence-electron chi connectivity index (χ0n) is 10.4. The van der Waals surface area contributed by atoms with Gasteiger partial charge in [0.15, 0.2) is 5.78 Å². The van der Waals surface area contributed by atoms with Gasteiger partial charge in [-0.25, -0.2) is 0 Å². The fourth-order valence-corrected chi connectivity index (χ4v) is 1.90. The number of nitrogens with two attached hydrogens (primary N) is 1. The van der Waals surface area contributed by atoms with E-state index in [0.29, 0.717) is 16.8 Å². The van der Waals surface area contributed by atoms with Gasteiger partial charge >= 0.3 is 0 Å². The molecule has 3 nitrogen and oxygen atoms in total. The maximum atomic E-state index is 12.4. The molecule has 2 aromatic carbocycles. The minimum absolute atomic E-state index is 0.117. The van der Waals surface area contributed by atoms with Crippen LogP contribution in [0.1, 0.15) is 27.0 Å². The first-order chi connectivity index (χ1) is 8.52. The number of carbonyl (C=O) groups excluding carboxylic acids is 1. The van der Waals surface area contributed by atoms with Gasteiger partial charge in [-0.05, 0) is 49.2 Å². The molecule has 0 radical (unpaired) electrons. The van der Waals surface area contributed by atoms with Crippen molar-refractivity contribution in [2.45, 2.75) is 13.8 Å². The molecule has 2 aromatic rings. The van der Waals surface area contributed by atoms with Crippen LogP contribution in [0, 0.1) is 13.8 Å². The minimum Gasteiger partial charge on any atom is -0.508 e. The van der Waals surface area contributed by atoms with Crippen molar-refractivity contribution in [1.82, 2.24) is 0 Å². The Morgan fingerprint density at radius 1 is 1.00 bits per heavy atom. The number of anilines is 1. The number of nitrogen functional groups attached to an aromatic ring is 1. The third-order valence-corrected chi connectivity index (χ3v) is 3.21. The normalized spacial score (nSPS) is 10.3. The Bertz CT molecular complexity index is 618. The molecule has 0 aromatic heterocycles. The molecule has 0 atom stereocenters. The molecule has 0 unspecified atom stereocenters. The number of phenolic OH excluding ortho intramolecular Hbond substituents is 1. The van der Waals surface area contributed by atoms with Gasteiger partial charge in [0.1, 0.15) is 5.75 Å². The van der Waals surface area contributed by atoms with Gasteiger partial charge in [-0.3, -0.25) is 4.79 Å². The fraction of sp³-hybridized carbons (Fsp3) is 0.133. The van der Waals surface area contributed by atoms with E-state index in [-0.39, 0.29) is 11.5 Å². The molecular weight excluding hydrogens is 226 g/mol. The molecule has 0 aliphatic heterocycles. The SMILES string of the molecule is Cc1c(O)ccc(C(=O)c2ccccc2N)c1C. The van der Waals surface area contributed by atoms with Gasteiger partial charge in [0.25, 0.3) is 0 Å². The molecule has 3 N–H and O–H groups in total. The number of hydrogen-bond acceptors (Lipinski definition) is 3. The molecule has 0 bridgehead atoms. The Hall–Kier alpha value is -2.29. The van der Waals surface area contributed by atoms with Crippen molar-refractivity contribution in [3.63, 3.8) is 0 Å². The first kappa shape index (κ1) is 12.2. The van der Waals surface area contributed by atoms with Gasteiger partial charge in [0.2, 0.25) is 0 Å². The van der Waals surface area contributed by atoms with Crippen molar-refractivity contribution in [2.24, 2.45) is 0 Å². The summed E-state index contributed by atoms with van der Waals surface area (Å²) in [6.07, 6.45) is 0. The highest BCUT2D eigenvalue weighted by Gasteiger charge is 2.16. The second-order valence-electron chi connectivity index (χ2n) is 4.30. The number of hydrogen-bond donors (Lipinski definition) is 2. The van der Waals surface area contributed by atoms with Gasteiger partial charge in [-0.2, -0.15) is 0 Å². The lowest BCUT2D eigenvalue weighted by Crippen LogP contribution is -2.07. The summed E-state index contributed by atoms with van der Waals surface area (Å²) in [4.78, 5) is 12.4. The van der Waals surface area contributed by atoms with E-state index in [4.69, 9.17) is 5.73 Å². The van der Waals surface area contributed by atoms with E-state index in [1.54, 1.807) is 37.3 Å². The van der Waals surface area contributed by atoms with Crippen LogP contribution in [0.4, 0.5) is 5.69 Å². The van der Waals surface area contributed by atoms with E-state index in [1.165, 1.54) is 6.07 Å². The maximum Gasteiger partial charge on any atom is 0.195 e. The van der Waals surface area contributed by atoms with Crippen molar-refractivity contribution in [2.75, 3.05) is 5.73 Å². The second kappa shape index (κ2) is 4.53. The largest absolute Gasteiger partial charge is 0.508 e. The van der Waals surface area contributed by atoms with Crippen molar-refractivity contribution < 1.29 is 9.90 Å². The number of benzene rings is 2. The summed E-state index contributed by atoms with van der Waals surface area (Å²) in [6.45, 7) is 3.61. The smallest absolute Gasteiger partial charge is 0.195 e. The number of ketones is 1. The van der Waals surface area contributed by atoms with Crippen LogP contribution >= 0.6 is 0 Å². The third-order valence-electron chi connectivity index (χ3n) is 3.21. The minimum atomic E-state index is -0.117. The number of phenols is 1. The standard InChI is InChI=1S/C15H15NO2/c1-9-10(2)14(17)8-7-11(9)15(18)12-5-3-4-6-13(12)16/h3-8,17H,16H2,1-2H3. The zero-order chi connectivity index (χ0) is 13.3. The number of aromatic hydroxyl groups is 1. The van der Waals surface area contributed by atoms with E-state index in [2.05, 4.69) is 0 Å². The highest BCUT2D eigenvalue weighted by atomic mass is 16.3. The Labute approximate surface area is 106 Å². The molecule has 0 heterocycles. The average Bonchev–Trinajstić information content (AvgIpc) is 2.36. The number of para-hydroxylation sites is 1. The first-order valence-electron chi connectivity index (χ1n) is 5.70. The predicted molar refractivity (Wildman–Crippen MR) is 71.9 cm³/mol. The van der Waals surface area contributed by atoms with E-state index in [1.807, 2.05) is 6.92 Å². The van der Waals surface area contributed by atoms with Crippen LogP contribution in [-0.2, 0) is 0 Å². The lowest BCUT2D eigenvalue weighted by atomic mass is 9.95. The molecule has 18 heavy (non-hydrogen) atoms. The third kappa shape index (κ3) is 1.95. The van der Waals surface area contributed by atoms with Crippen molar-refractivity contribution >= 4 is 11.5 Å². The summed E-state index contributed by atoms with van der Waals surface area (Å²) in [6, 6.07) is 10.2. The average molecular weight is 241 g/mol. The first-order valence-corrected chi connectivity index (χ1v) is 5.70. The Balaban J connectivity index is 2.54. The topological polar surface area (TPSA) is 63.3 Å². The monoisotopic (exact) mass is 241 g/mol. The van der Waals surface area contributed by atoms with Crippen LogP contribution < -0.4 is 5.73 Å². The van der Waals surface area contributed by atoms with Crippen LogP contribution in [0.5, 0.6) is 5.75 Å². The Kier molecular flexibility index (Phi) is 3.06.